The van der Waals surface area contributed by atoms with E-state index in [0.29, 0.717) is 37.1 Å². The van der Waals surface area contributed by atoms with Crippen LogP contribution in [0.5, 0.6) is 5.75 Å². The van der Waals surface area contributed by atoms with Crippen molar-refractivity contribution >= 4 is 99.8 Å². The van der Waals surface area contributed by atoms with Crippen LogP contribution >= 0.6 is 0 Å². The fraction of sp³-hybridized carbons (Fsp3) is 0.695. The van der Waals surface area contributed by atoms with Crippen LogP contribution in [0.3, 0.4) is 0 Å². The van der Waals surface area contributed by atoms with Gasteiger partial charge in [-0.2, -0.15) is 0 Å². The summed E-state index contributed by atoms with van der Waals surface area (Å²) < 4.78 is 0. The maximum Gasteiger partial charge on any atom is 0.242 e. The SMILES string of the molecule is CCCCCCCCCCCCCCCC(=O)N[C@@H](C)C(=O)N[C@H](C(=O)C[C@@H](Cc1cnc[nH]1)C(=O)N[C@@H](C)C(=O)CC)C(C)C.CC[C@H](C)[C@H](CC(=O)[C@H](CO)NC(=O)[C@@H](CC(=O)[C@H](CC(C)C)NC(=O)[C@H](CCCN=C(N)N)CC(=O)[C@H](CCCN=C(N)N)NC(=O)[C@@H](CC(=O)[C@H](CCCN=C(N)N)NC(=O)[C@@H](C)Cc1ccc(O)cc1)Cc1cnc[nH]1)CC(C)C)C(N)=O. The minimum Gasteiger partial charge on any atom is -0.508 e. The fourth-order valence-electron chi connectivity index (χ4n) is 15.5. The maximum atomic E-state index is 14.8. The number of nitrogens with one attached hydrogen (secondary N) is 9. The van der Waals surface area contributed by atoms with E-state index in [2.05, 4.69) is 79.1 Å². The number of nitrogens with zero attached hydrogens (tertiary/aromatic N) is 5. The lowest BCUT2D eigenvalue weighted by Gasteiger charge is -2.27. The third-order valence-electron chi connectivity index (χ3n) is 23.5. The molecule has 2 heterocycles. The smallest absolute Gasteiger partial charge is 0.242 e. The normalized spacial score (nSPS) is 14.5. The van der Waals surface area contributed by atoms with Gasteiger partial charge in [0, 0.05) is 125 Å². The lowest BCUT2D eigenvalue weighted by atomic mass is 9.85. The van der Waals surface area contributed by atoms with Gasteiger partial charge in [0.15, 0.2) is 52.6 Å². The molecule has 14 atom stereocenters. The summed E-state index contributed by atoms with van der Waals surface area (Å²) >= 11 is 0. The van der Waals surface area contributed by atoms with Gasteiger partial charge in [-0.25, -0.2) is 9.97 Å². The number of aromatic nitrogens is 4. The van der Waals surface area contributed by atoms with Crippen molar-refractivity contribution in [2.45, 2.75) is 338 Å². The van der Waals surface area contributed by atoms with Gasteiger partial charge < -0.3 is 97.5 Å². The molecule has 0 saturated heterocycles. The Kier molecular flexibility index (Phi) is 58.1. The third kappa shape index (κ3) is 49.5. The average molecular weight is 1850 g/mol. The first-order valence-corrected chi connectivity index (χ1v) is 47.6. The van der Waals surface area contributed by atoms with Gasteiger partial charge in [-0.05, 0) is 119 Å². The number of ketones is 6. The number of hydrogen-bond donors (Lipinski definition) is 18. The number of aliphatic hydroxyl groups is 1. The van der Waals surface area contributed by atoms with E-state index < -0.39 is 162 Å². The second-order valence-electron chi connectivity index (χ2n) is 36.5. The molecule has 0 spiro atoms. The van der Waals surface area contributed by atoms with Crippen LogP contribution in [0.25, 0.3) is 0 Å². The molecule has 37 heteroatoms. The first kappa shape index (κ1) is 117. The second kappa shape index (κ2) is 65.5. The number of phenols is 1. The number of carbonyl (C=O) groups excluding carboxylic acids is 14. The Hall–Kier alpha value is -11.0. The number of unbranched alkanes of at least 4 members (excludes halogenated alkanes) is 12. The summed E-state index contributed by atoms with van der Waals surface area (Å²) in [5.74, 6) is -13.5. The number of nitrogens with two attached hydrogens (primary N) is 7. The first-order chi connectivity index (χ1) is 62.5. The van der Waals surface area contributed by atoms with Crippen LogP contribution in [-0.2, 0) is 86.4 Å². The number of Topliss-reactive ketones (excluding diaryl/α,β-unsaturated/α-hetero) is 6. The van der Waals surface area contributed by atoms with Crippen molar-refractivity contribution in [1.82, 2.24) is 57.2 Å². The van der Waals surface area contributed by atoms with E-state index >= 15 is 0 Å². The molecule has 0 aliphatic carbocycles. The highest BCUT2D eigenvalue weighted by atomic mass is 16.3. The number of phenolic OH excluding ortho intramolecular Hbond substituents is 1. The molecule has 0 aliphatic rings. The Balaban J connectivity index is 0.00000108. The van der Waals surface area contributed by atoms with Crippen molar-refractivity contribution in [3.05, 3.63) is 66.3 Å². The number of hydrogen-bond acceptors (Lipinski definition) is 21. The molecule has 3 aromatic rings. The number of guanidine groups is 3. The molecule has 0 unspecified atom stereocenters. The Morgan fingerprint density at radius 1 is 0.409 bits per heavy atom. The van der Waals surface area contributed by atoms with Crippen LogP contribution in [0.1, 0.15) is 293 Å². The lowest BCUT2D eigenvalue weighted by molar-refractivity contribution is -0.136. The van der Waals surface area contributed by atoms with Crippen LogP contribution in [0, 0.1) is 59.2 Å². The Morgan fingerprint density at radius 2 is 0.826 bits per heavy atom. The summed E-state index contributed by atoms with van der Waals surface area (Å²) in [6.07, 6.45) is 23.2. The van der Waals surface area contributed by atoms with Crippen molar-refractivity contribution in [3.8, 4) is 5.75 Å². The van der Waals surface area contributed by atoms with Crippen LogP contribution < -0.4 is 77.4 Å². The number of aliphatic imine (C=N–C) groups is 3. The lowest BCUT2D eigenvalue weighted by Crippen LogP contribution is -2.52. The molecular weight excluding hydrogens is 1690 g/mol. The van der Waals surface area contributed by atoms with Crippen molar-refractivity contribution in [2.24, 2.45) is 114 Å². The van der Waals surface area contributed by atoms with Gasteiger partial charge in [-0.3, -0.25) is 82.1 Å². The summed E-state index contributed by atoms with van der Waals surface area (Å²) in [6.45, 7) is 23.1. The van der Waals surface area contributed by atoms with Crippen molar-refractivity contribution < 1.29 is 77.3 Å². The molecule has 0 aliphatic heterocycles. The molecule has 0 fully saturated rings. The largest absolute Gasteiger partial charge is 0.508 e. The monoisotopic (exact) mass is 1850 g/mol. The highest BCUT2D eigenvalue weighted by Gasteiger charge is 2.39. The van der Waals surface area contributed by atoms with Crippen LogP contribution in [-0.4, -0.2) is 199 Å². The zero-order chi connectivity index (χ0) is 99.0. The molecule has 8 amide bonds. The highest BCUT2D eigenvalue weighted by molar-refractivity contribution is 5.99. The van der Waals surface area contributed by atoms with Gasteiger partial charge >= 0.3 is 0 Å². The van der Waals surface area contributed by atoms with Crippen molar-refractivity contribution in [2.75, 3.05) is 26.2 Å². The first-order valence-electron chi connectivity index (χ1n) is 47.6. The Morgan fingerprint density at radius 3 is 1.27 bits per heavy atom. The predicted octanol–water partition coefficient (Wildman–Crippen LogP) is 6.69. The topological polar surface area (TPSA) is 640 Å². The van der Waals surface area contributed by atoms with Crippen molar-refractivity contribution in [1.29, 1.82) is 0 Å². The Labute approximate surface area is 780 Å². The molecule has 2 aromatic heterocycles. The summed E-state index contributed by atoms with van der Waals surface area (Å²) in [6, 6.07) is -0.804. The number of amides is 8. The second-order valence-corrected chi connectivity index (χ2v) is 36.5. The van der Waals surface area contributed by atoms with Crippen LogP contribution in [0.4, 0.5) is 0 Å². The highest BCUT2D eigenvalue weighted by Crippen LogP contribution is 2.27. The van der Waals surface area contributed by atoms with Gasteiger partial charge in [-0.1, -0.05) is 172 Å². The molecule has 132 heavy (non-hydrogen) atoms. The summed E-state index contributed by atoms with van der Waals surface area (Å²) in [4.78, 5) is 217. The van der Waals surface area contributed by atoms with E-state index in [1.165, 1.54) is 95.2 Å². The standard InChI is InChI=1S/C59H98N16O11.C36H63N5O5/c1-8-35(6)43(52(60)82)29-51(81)47(31-76)75-55(85)39(22-33(2)3)27-50(80)46(23-34(4)5)74-54(84)38(12-9-19-68-57(61)62)26-48(78)45(14-11-21-70-59(65)66)73-56(86)40(25-41-30-67-32-71-41)28-49(79)44(13-10-20-69-58(63)64)72-53(83)36(7)24-37-15-17-42(77)18-16-37;1-7-9-10-11-12-13-14-15-16-17-18-19-20-21-33(44)39-28(6)35(45)41-34(26(3)4)32(43)23-29(22-30-24-37-25-38-30)36(46)40-27(5)31(42)8-2/h15-18,30,32-36,38-40,43-47,76-77H,8-14,19-29,31H2,1-7H3,(H2,60,82)(H,67,71)(H,72,83)(H,73,86)(H,74,84)(H,75,85)(H4,61,62,68)(H4,63,64,69)(H4,65,66,70);24-29,34H,7-23H2,1-6H3,(H,37,38)(H,39,44)(H,40,46)(H,41,45)/t35-,36-,38+,39+,40+,43-,44-,45-,46-,47-;27-,28-,29+,34-/m00/s1. The molecule has 1 aromatic carbocycles. The molecule has 742 valence electrons. The van der Waals surface area contributed by atoms with Gasteiger partial charge in [0.1, 0.15) is 17.8 Å². The number of benzene rings is 1. The zero-order valence-corrected chi connectivity index (χ0v) is 80.8. The predicted molar refractivity (Wildman–Crippen MR) is 511 cm³/mol. The van der Waals surface area contributed by atoms with Gasteiger partial charge in [0.2, 0.25) is 47.3 Å². The number of H-pyrrole nitrogens is 2. The fourth-order valence-corrected chi connectivity index (χ4v) is 15.5. The molecule has 37 nitrogen and oxygen atoms in total. The van der Waals surface area contributed by atoms with Crippen LogP contribution in [0.15, 0.2) is 64.3 Å². The molecule has 3 rings (SSSR count). The number of imidazole rings is 2. The van der Waals surface area contributed by atoms with E-state index in [1.807, 2.05) is 48.5 Å². The molecule has 0 radical (unpaired) electrons. The van der Waals surface area contributed by atoms with Gasteiger partial charge in [-0.15, -0.1) is 0 Å². The third-order valence-corrected chi connectivity index (χ3v) is 23.5. The molecule has 0 bridgehead atoms. The minimum atomic E-state index is -1.38. The number of aromatic hydroxyl groups is 1. The number of aromatic amines is 2. The average Bonchev–Trinajstić information content (AvgIpc) is 0.877. The zero-order valence-electron chi connectivity index (χ0n) is 80.8. The van der Waals surface area contributed by atoms with E-state index in [-0.39, 0.29) is 168 Å². The van der Waals surface area contributed by atoms with E-state index in [4.69, 9.17) is 40.1 Å². The van der Waals surface area contributed by atoms with E-state index in [1.54, 1.807) is 52.9 Å². The number of carbonyl (C=O) groups is 14. The van der Waals surface area contributed by atoms with Crippen molar-refractivity contribution in [3.63, 3.8) is 0 Å². The number of rotatable bonds is 71. The van der Waals surface area contributed by atoms with Gasteiger partial charge in [0.25, 0.3) is 0 Å². The number of aliphatic hydroxyl groups excluding tert-OH is 1. The Bertz CT molecular complexity index is 4070. The minimum absolute atomic E-state index is 0.0170. The number of primary amides is 1. The summed E-state index contributed by atoms with van der Waals surface area (Å²) in [7, 11) is 0. The maximum absolute atomic E-state index is 14.8. The van der Waals surface area contributed by atoms with E-state index in [9.17, 15) is 77.3 Å². The van der Waals surface area contributed by atoms with Crippen LogP contribution in [0.2, 0.25) is 0 Å². The molecular formula is C95H161N21O16. The summed E-state index contributed by atoms with van der Waals surface area (Å²) in [5.41, 5.74) is 41.1. The van der Waals surface area contributed by atoms with E-state index in [0.717, 1.165) is 24.8 Å². The molecule has 25 N–H and O–H groups in total. The molecule has 0 saturated carbocycles. The van der Waals surface area contributed by atoms with Gasteiger partial charge in [0.05, 0.1) is 61.3 Å². The quantitative estimate of drug-likeness (QED) is 0.0159. The summed E-state index contributed by atoms with van der Waals surface area (Å²) in [5, 5.41) is 39.5.